The van der Waals surface area contributed by atoms with E-state index in [2.05, 4.69) is 39.8 Å². The Bertz CT molecular complexity index is 896. The summed E-state index contributed by atoms with van der Waals surface area (Å²) in [6.07, 6.45) is 4.99. The number of carbonyl (C=O) groups excluding carboxylic acids is 1. The second kappa shape index (κ2) is 6.77. The molecule has 0 aliphatic rings. The first-order valence-electron chi connectivity index (χ1n) is 8.08. The standard InChI is InChI=1S/C16H22N6O2Si/c1-25(2,3)7-6-24-10-22-5-4-11-13(18-9-19-16(11)22)12-8-20-21-14(12)15(17)23/h4-5,8-9H,6-7,10H2,1-3H3,(H2,17,23)(H,20,21). The second-order valence-electron chi connectivity index (χ2n) is 7.10. The molecule has 0 fully saturated rings. The van der Waals surface area contributed by atoms with Gasteiger partial charge in [0.1, 0.15) is 18.7 Å². The molecule has 0 saturated carbocycles. The zero-order chi connectivity index (χ0) is 18.0. The van der Waals surface area contributed by atoms with Crippen molar-refractivity contribution in [2.75, 3.05) is 6.61 Å². The number of nitrogens with zero attached hydrogens (tertiary/aromatic N) is 4. The van der Waals surface area contributed by atoms with Crippen molar-refractivity contribution in [3.63, 3.8) is 0 Å². The van der Waals surface area contributed by atoms with Crippen LogP contribution in [0.4, 0.5) is 0 Å². The van der Waals surface area contributed by atoms with E-state index in [-0.39, 0.29) is 5.69 Å². The van der Waals surface area contributed by atoms with Gasteiger partial charge in [0, 0.05) is 32.5 Å². The molecule has 0 saturated heterocycles. The topological polar surface area (TPSA) is 112 Å². The highest BCUT2D eigenvalue weighted by atomic mass is 28.3. The summed E-state index contributed by atoms with van der Waals surface area (Å²) >= 11 is 0. The number of H-pyrrole nitrogens is 1. The number of fused-ring (bicyclic) bond motifs is 1. The maximum Gasteiger partial charge on any atom is 0.269 e. The van der Waals surface area contributed by atoms with Crippen LogP contribution < -0.4 is 5.73 Å². The molecule has 3 N–H and O–H groups in total. The third-order valence-corrected chi connectivity index (χ3v) is 5.62. The number of aromatic nitrogens is 5. The third kappa shape index (κ3) is 3.77. The van der Waals surface area contributed by atoms with Gasteiger partial charge in [-0.3, -0.25) is 9.89 Å². The zero-order valence-corrected chi connectivity index (χ0v) is 15.6. The van der Waals surface area contributed by atoms with Gasteiger partial charge >= 0.3 is 0 Å². The molecule has 132 valence electrons. The maximum atomic E-state index is 11.5. The van der Waals surface area contributed by atoms with Gasteiger partial charge in [0.2, 0.25) is 0 Å². The summed E-state index contributed by atoms with van der Waals surface area (Å²) in [5, 5.41) is 7.39. The summed E-state index contributed by atoms with van der Waals surface area (Å²) in [5.41, 5.74) is 7.47. The summed E-state index contributed by atoms with van der Waals surface area (Å²) in [5.74, 6) is -0.600. The highest BCUT2D eigenvalue weighted by Gasteiger charge is 2.18. The number of aromatic amines is 1. The van der Waals surface area contributed by atoms with Gasteiger partial charge in [-0.2, -0.15) is 5.10 Å². The van der Waals surface area contributed by atoms with E-state index >= 15 is 0 Å². The Kier molecular flexibility index (Phi) is 4.68. The van der Waals surface area contributed by atoms with Crippen LogP contribution in [0.25, 0.3) is 22.3 Å². The molecule has 9 heteroatoms. The molecule has 0 unspecified atom stereocenters. The molecule has 1 amide bonds. The van der Waals surface area contributed by atoms with Crippen LogP contribution in [-0.4, -0.2) is 45.3 Å². The van der Waals surface area contributed by atoms with E-state index < -0.39 is 14.0 Å². The molecule has 3 aromatic rings. The van der Waals surface area contributed by atoms with E-state index in [1.54, 1.807) is 6.20 Å². The molecule has 0 atom stereocenters. The normalized spacial score (nSPS) is 12.0. The summed E-state index contributed by atoms with van der Waals surface area (Å²) in [6.45, 7) is 8.13. The fraction of sp³-hybridized carbons (Fsp3) is 0.375. The number of carbonyl (C=O) groups is 1. The molecule has 8 nitrogen and oxygen atoms in total. The monoisotopic (exact) mass is 358 g/mol. The number of primary amides is 1. The summed E-state index contributed by atoms with van der Waals surface area (Å²) in [7, 11) is -1.11. The van der Waals surface area contributed by atoms with Gasteiger partial charge in [-0.25, -0.2) is 9.97 Å². The van der Waals surface area contributed by atoms with Crippen LogP contribution >= 0.6 is 0 Å². The van der Waals surface area contributed by atoms with Crippen molar-refractivity contribution in [2.24, 2.45) is 5.73 Å². The van der Waals surface area contributed by atoms with Crippen LogP contribution in [0.5, 0.6) is 0 Å². The minimum Gasteiger partial charge on any atom is -0.364 e. The maximum absolute atomic E-state index is 11.5. The van der Waals surface area contributed by atoms with Crippen LogP contribution in [0.2, 0.25) is 25.7 Å². The first-order valence-corrected chi connectivity index (χ1v) is 11.8. The second-order valence-corrected chi connectivity index (χ2v) is 12.7. The zero-order valence-electron chi connectivity index (χ0n) is 14.6. The van der Waals surface area contributed by atoms with Gasteiger partial charge in [-0.1, -0.05) is 19.6 Å². The number of rotatable bonds is 7. The minimum absolute atomic E-state index is 0.166. The van der Waals surface area contributed by atoms with Crippen LogP contribution in [0.3, 0.4) is 0 Å². The van der Waals surface area contributed by atoms with Gasteiger partial charge in [0.25, 0.3) is 5.91 Å². The van der Waals surface area contributed by atoms with Crippen molar-refractivity contribution in [2.45, 2.75) is 32.4 Å². The Labute approximate surface area is 146 Å². The lowest BCUT2D eigenvalue weighted by Crippen LogP contribution is -2.22. The molecule has 0 bridgehead atoms. The SMILES string of the molecule is C[Si](C)(C)CCOCn1ccc2c(-c3c[nH]nc3C(N)=O)ncnc21. The molecule has 0 aliphatic carbocycles. The van der Waals surface area contributed by atoms with Crippen LogP contribution in [0.1, 0.15) is 10.5 Å². The van der Waals surface area contributed by atoms with Gasteiger partial charge in [-0.15, -0.1) is 0 Å². The average molecular weight is 358 g/mol. The van der Waals surface area contributed by atoms with Crippen LogP contribution in [0.15, 0.2) is 24.8 Å². The largest absolute Gasteiger partial charge is 0.364 e. The molecule has 3 aromatic heterocycles. The van der Waals surface area contributed by atoms with E-state index in [1.807, 2.05) is 16.8 Å². The van der Waals surface area contributed by atoms with Crippen molar-refractivity contribution in [3.8, 4) is 11.3 Å². The van der Waals surface area contributed by atoms with Crippen molar-refractivity contribution in [1.82, 2.24) is 24.7 Å². The lowest BCUT2D eigenvalue weighted by atomic mass is 10.1. The van der Waals surface area contributed by atoms with Crippen LogP contribution in [-0.2, 0) is 11.5 Å². The van der Waals surface area contributed by atoms with E-state index in [0.717, 1.165) is 23.7 Å². The van der Waals surface area contributed by atoms with E-state index in [4.69, 9.17) is 10.5 Å². The van der Waals surface area contributed by atoms with Crippen molar-refractivity contribution in [3.05, 3.63) is 30.5 Å². The molecular weight excluding hydrogens is 336 g/mol. The van der Waals surface area contributed by atoms with Gasteiger partial charge in [0.15, 0.2) is 5.69 Å². The predicted octanol–water partition coefficient (Wildman–Crippen LogP) is 2.23. The Balaban J connectivity index is 1.85. The first kappa shape index (κ1) is 17.3. The number of ether oxygens (including phenoxy) is 1. The summed E-state index contributed by atoms with van der Waals surface area (Å²) in [6, 6.07) is 3.02. The van der Waals surface area contributed by atoms with Gasteiger partial charge in [-0.05, 0) is 12.1 Å². The third-order valence-electron chi connectivity index (χ3n) is 3.91. The fourth-order valence-corrected chi connectivity index (χ4v) is 3.28. The quantitative estimate of drug-likeness (QED) is 0.497. The number of hydrogen-bond donors (Lipinski definition) is 2. The molecule has 3 rings (SSSR count). The number of hydrogen-bond acceptors (Lipinski definition) is 5. The highest BCUT2D eigenvalue weighted by molar-refractivity contribution is 6.76. The molecule has 0 aliphatic heterocycles. The lowest BCUT2D eigenvalue weighted by molar-refractivity contribution is 0.0899. The highest BCUT2D eigenvalue weighted by Crippen LogP contribution is 2.27. The average Bonchev–Trinajstić information content (AvgIpc) is 3.17. The van der Waals surface area contributed by atoms with Crippen LogP contribution in [0, 0.1) is 0 Å². The van der Waals surface area contributed by atoms with E-state index in [0.29, 0.717) is 18.0 Å². The minimum atomic E-state index is -1.11. The molecule has 0 radical (unpaired) electrons. The molecule has 25 heavy (non-hydrogen) atoms. The van der Waals surface area contributed by atoms with E-state index in [9.17, 15) is 4.79 Å². The molecular formula is C16H22N6O2Si. The van der Waals surface area contributed by atoms with Gasteiger partial charge in [0.05, 0.1) is 11.3 Å². The Morgan fingerprint density at radius 2 is 2.16 bits per heavy atom. The fourth-order valence-electron chi connectivity index (χ4n) is 2.52. The summed E-state index contributed by atoms with van der Waals surface area (Å²) < 4.78 is 7.72. The smallest absolute Gasteiger partial charge is 0.269 e. The Hall–Kier alpha value is -2.52. The van der Waals surface area contributed by atoms with E-state index in [1.165, 1.54) is 6.33 Å². The Morgan fingerprint density at radius 1 is 1.36 bits per heavy atom. The first-order chi connectivity index (χ1) is 11.9. The van der Waals surface area contributed by atoms with Crippen molar-refractivity contribution < 1.29 is 9.53 Å². The van der Waals surface area contributed by atoms with Crippen molar-refractivity contribution in [1.29, 1.82) is 0 Å². The molecule has 0 aromatic carbocycles. The summed E-state index contributed by atoms with van der Waals surface area (Å²) in [4.78, 5) is 20.2. The number of amides is 1. The van der Waals surface area contributed by atoms with Crippen molar-refractivity contribution >= 4 is 25.0 Å². The molecule has 3 heterocycles. The number of nitrogens with two attached hydrogens (primary N) is 1. The van der Waals surface area contributed by atoms with Gasteiger partial charge < -0.3 is 15.0 Å². The lowest BCUT2D eigenvalue weighted by Gasteiger charge is -2.15. The predicted molar refractivity (Wildman–Crippen MR) is 97.7 cm³/mol. The molecule has 0 spiro atoms. The Morgan fingerprint density at radius 3 is 2.88 bits per heavy atom. The number of nitrogens with one attached hydrogen (secondary N) is 1.